The first-order valence-corrected chi connectivity index (χ1v) is 7.39. The number of anilines is 1. The van der Waals surface area contributed by atoms with E-state index in [0.29, 0.717) is 6.54 Å². The lowest BCUT2D eigenvalue weighted by atomic mass is 10.2. The third-order valence-electron chi connectivity index (χ3n) is 2.52. The maximum absolute atomic E-state index is 12.4. The summed E-state index contributed by atoms with van der Waals surface area (Å²) in [5.41, 5.74) is 1.33. The fourth-order valence-electron chi connectivity index (χ4n) is 1.60. The van der Waals surface area contributed by atoms with Crippen molar-refractivity contribution in [2.24, 2.45) is 0 Å². The number of nitrogens with zero attached hydrogens (tertiary/aromatic N) is 1. The van der Waals surface area contributed by atoms with Crippen molar-refractivity contribution in [2.45, 2.75) is 39.7 Å². The molecule has 1 rings (SSSR count). The van der Waals surface area contributed by atoms with Crippen molar-refractivity contribution in [1.82, 2.24) is 0 Å². The van der Waals surface area contributed by atoms with Crippen LogP contribution in [0.3, 0.4) is 0 Å². The highest BCUT2D eigenvalue weighted by molar-refractivity contribution is 9.10. The Hall–Kier alpha value is -1.29. The van der Waals surface area contributed by atoms with Gasteiger partial charge < -0.3 is 4.74 Å². The fourth-order valence-corrected chi connectivity index (χ4v) is 2.10. The molecule has 0 N–H and O–H groups in total. The summed E-state index contributed by atoms with van der Waals surface area (Å²) in [6.45, 7) is 12.0. The van der Waals surface area contributed by atoms with Crippen LogP contribution in [0.25, 0.3) is 0 Å². The number of benzene rings is 1. The Kier molecular flexibility index (Phi) is 5.81. The van der Waals surface area contributed by atoms with Crippen LogP contribution in [0.5, 0.6) is 0 Å². The molecule has 3 nitrogen and oxygen atoms in total. The molecule has 0 saturated carbocycles. The van der Waals surface area contributed by atoms with E-state index >= 15 is 0 Å². The smallest absolute Gasteiger partial charge is 0.414 e. The van der Waals surface area contributed by atoms with Gasteiger partial charge >= 0.3 is 6.09 Å². The third kappa shape index (κ3) is 5.37. The molecule has 1 amide bonds. The molecule has 110 valence electrons. The lowest BCUT2D eigenvalue weighted by Crippen LogP contribution is -2.37. The number of hydrogen-bond donors (Lipinski definition) is 0. The van der Waals surface area contributed by atoms with Gasteiger partial charge in [0.05, 0.1) is 5.69 Å². The molecule has 0 saturated heterocycles. The minimum Gasteiger partial charge on any atom is -0.443 e. The molecule has 4 heteroatoms. The molecule has 0 unspecified atom stereocenters. The molecule has 0 aliphatic carbocycles. The highest BCUT2D eigenvalue weighted by Gasteiger charge is 2.24. The van der Waals surface area contributed by atoms with E-state index in [-0.39, 0.29) is 6.09 Å². The first-order valence-electron chi connectivity index (χ1n) is 6.60. The van der Waals surface area contributed by atoms with Gasteiger partial charge in [0.2, 0.25) is 0 Å². The highest BCUT2D eigenvalue weighted by atomic mass is 79.9. The number of carbonyl (C=O) groups excluding carboxylic acids is 1. The summed E-state index contributed by atoms with van der Waals surface area (Å²) in [4.78, 5) is 14.0. The van der Waals surface area contributed by atoms with Crippen molar-refractivity contribution in [3.05, 3.63) is 40.9 Å². The van der Waals surface area contributed by atoms with Crippen LogP contribution in [0, 0.1) is 0 Å². The normalized spacial score (nSPS) is 11.1. The molecular formula is C16H22BrNO2. The Morgan fingerprint density at radius 1 is 1.35 bits per heavy atom. The van der Waals surface area contributed by atoms with Crippen LogP contribution in [0.1, 0.15) is 34.1 Å². The first-order chi connectivity index (χ1) is 9.20. The van der Waals surface area contributed by atoms with E-state index in [4.69, 9.17) is 4.74 Å². The van der Waals surface area contributed by atoms with Crippen molar-refractivity contribution in [2.75, 3.05) is 11.4 Å². The predicted octanol–water partition coefficient (Wildman–Crippen LogP) is 5.16. The number of amides is 1. The van der Waals surface area contributed by atoms with Crippen LogP contribution < -0.4 is 4.90 Å². The van der Waals surface area contributed by atoms with Gasteiger partial charge in [-0.05, 0) is 62.2 Å². The molecule has 0 aromatic heterocycles. The van der Waals surface area contributed by atoms with E-state index in [1.54, 1.807) is 4.90 Å². The Morgan fingerprint density at radius 2 is 1.95 bits per heavy atom. The van der Waals surface area contributed by atoms with Crippen molar-refractivity contribution < 1.29 is 9.53 Å². The lowest BCUT2D eigenvalue weighted by Gasteiger charge is -2.28. The van der Waals surface area contributed by atoms with E-state index in [0.717, 1.165) is 22.2 Å². The van der Waals surface area contributed by atoms with Crippen LogP contribution in [-0.2, 0) is 4.74 Å². The van der Waals surface area contributed by atoms with Gasteiger partial charge in [0, 0.05) is 11.0 Å². The van der Waals surface area contributed by atoms with Crippen molar-refractivity contribution in [1.29, 1.82) is 0 Å². The van der Waals surface area contributed by atoms with Gasteiger partial charge in [-0.3, -0.25) is 4.90 Å². The molecule has 0 radical (unpaired) electrons. The van der Waals surface area contributed by atoms with Gasteiger partial charge in [-0.1, -0.05) is 17.7 Å². The van der Waals surface area contributed by atoms with Crippen molar-refractivity contribution >= 4 is 27.7 Å². The number of halogens is 1. The van der Waals surface area contributed by atoms with E-state index in [2.05, 4.69) is 22.5 Å². The van der Waals surface area contributed by atoms with Gasteiger partial charge in [-0.15, -0.1) is 6.58 Å². The summed E-state index contributed by atoms with van der Waals surface area (Å²) in [6, 6.07) is 7.62. The fraction of sp³-hybridized carbons (Fsp3) is 0.438. The third-order valence-corrected chi connectivity index (χ3v) is 3.19. The number of rotatable bonds is 4. The van der Waals surface area contributed by atoms with Gasteiger partial charge in [-0.2, -0.15) is 0 Å². The van der Waals surface area contributed by atoms with Gasteiger partial charge in [0.15, 0.2) is 0 Å². The van der Waals surface area contributed by atoms with E-state index in [1.165, 1.54) is 0 Å². The summed E-state index contributed by atoms with van der Waals surface area (Å²) in [6.07, 6.45) is 0.395. The molecule has 0 aliphatic heterocycles. The average molecular weight is 340 g/mol. The Balaban J connectivity index is 2.99. The zero-order chi connectivity index (χ0) is 15.3. The molecule has 20 heavy (non-hydrogen) atoms. The van der Waals surface area contributed by atoms with E-state index < -0.39 is 5.60 Å². The number of hydrogen-bond acceptors (Lipinski definition) is 2. The largest absolute Gasteiger partial charge is 0.443 e. The lowest BCUT2D eigenvalue weighted by molar-refractivity contribution is 0.0580. The predicted molar refractivity (Wildman–Crippen MR) is 87.2 cm³/mol. The first kappa shape index (κ1) is 16.8. The maximum Gasteiger partial charge on any atom is 0.414 e. The molecule has 0 heterocycles. The van der Waals surface area contributed by atoms with Crippen LogP contribution in [0.2, 0.25) is 0 Å². The van der Waals surface area contributed by atoms with Crippen LogP contribution in [0.4, 0.5) is 10.5 Å². The second kappa shape index (κ2) is 6.93. The van der Waals surface area contributed by atoms with Crippen LogP contribution >= 0.6 is 15.9 Å². The van der Waals surface area contributed by atoms with Crippen molar-refractivity contribution in [3.63, 3.8) is 0 Å². The molecule has 0 aliphatic rings. The molecule has 0 bridgehead atoms. The number of carbonyl (C=O) groups is 1. The Morgan fingerprint density at radius 3 is 2.45 bits per heavy atom. The Labute approximate surface area is 129 Å². The van der Waals surface area contributed by atoms with Gasteiger partial charge in [-0.25, -0.2) is 4.79 Å². The van der Waals surface area contributed by atoms with E-state index in [1.807, 2.05) is 52.0 Å². The zero-order valence-electron chi connectivity index (χ0n) is 12.6. The minimum absolute atomic E-state index is 0.342. The second-order valence-corrected chi connectivity index (χ2v) is 6.64. The monoisotopic (exact) mass is 339 g/mol. The van der Waals surface area contributed by atoms with Gasteiger partial charge in [0.25, 0.3) is 0 Å². The summed E-state index contributed by atoms with van der Waals surface area (Å²) >= 11 is 3.48. The standard InChI is InChI=1S/C16H22BrNO2/c1-12(2)10-11-18(15(19)20-16(3,4)5)14-9-7-6-8-13(14)17/h6-9H,1,10-11H2,2-5H3. The summed E-state index contributed by atoms with van der Waals surface area (Å²) in [5.74, 6) is 0. The SMILES string of the molecule is C=C(C)CCN(C(=O)OC(C)(C)C)c1ccccc1Br. The molecule has 0 spiro atoms. The molecule has 0 atom stereocenters. The molecule has 0 fully saturated rings. The molecule has 1 aromatic carbocycles. The van der Waals surface area contributed by atoms with E-state index in [9.17, 15) is 4.79 Å². The quantitative estimate of drug-likeness (QED) is 0.709. The zero-order valence-corrected chi connectivity index (χ0v) is 14.2. The highest BCUT2D eigenvalue weighted by Crippen LogP contribution is 2.27. The van der Waals surface area contributed by atoms with Crippen LogP contribution in [0.15, 0.2) is 40.9 Å². The summed E-state index contributed by atoms with van der Waals surface area (Å²) in [5, 5.41) is 0. The topological polar surface area (TPSA) is 29.5 Å². The van der Waals surface area contributed by atoms with Crippen LogP contribution in [-0.4, -0.2) is 18.2 Å². The second-order valence-electron chi connectivity index (χ2n) is 5.79. The maximum atomic E-state index is 12.4. The van der Waals surface area contributed by atoms with Crippen molar-refractivity contribution in [3.8, 4) is 0 Å². The summed E-state index contributed by atoms with van der Waals surface area (Å²) in [7, 11) is 0. The molecule has 1 aromatic rings. The minimum atomic E-state index is -0.514. The molecular weight excluding hydrogens is 318 g/mol. The average Bonchev–Trinajstić information content (AvgIpc) is 2.28. The summed E-state index contributed by atoms with van der Waals surface area (Å²) < 4.78 is 6.35. The number of ether oxygens (including phenoxy) is 1. The Bertz CT molecular complexity index is 491. The van der Waals surface area contributed by atoms with Gasteiger partial charge in [0.1, 0.15) is 5.60 Å². The number of para-hydroxylation sites is 1.